The first-order valence-electron chi connectivity index (χ1n) is 8.88. The molecule has 0 aliphatic carbocycles. The molecule has 1 aromatic heterocycles. The van der Waals surface area contributed by atoms with Gasteiger partial charge in [-0.1, -0.05) is 55.8 Å². The molecule has 3 rings (SSSR count). The van der Waals surface area contributed by atoms with Crippen LogP contribution in [-0.2, 0) is 0 Å². The van der Waals surface area contributed by atoms with Crippen LogP contribution in [0.1, 0.15) is 46.2 Å². The SMILES string of the molecule is CC(C)c1ccccc1NC(=O)c1cc(C(=O)Nc2ccccc2Cl)ccn1. The van der Waals surface area contributed by atoms with Gasteiger partial charge in [-0.25, -0.2) is 0 Å². The van der Waals surface area contributed by atoms with Crippen LogP contribution >= 0.6 is 11.6 Å². The van der Waals surface area contributed by atoms with Gasteiger partial charge in [0.15, 0.2) is 0 Å². The van der Waals surface area contributed by atoms with Crippen LogP contribution in [0.2, 0.25) is 5.02 Å². The summed E-state index contributed by atoms with van der Waals surface area (Å²) in [6.07, 6.45) is 1.44. The van der Waals surface area contributed by atoms with Gasteiger partial charge in [0.2, 0.25) is 0 Å². The first-order valence-corrected chi connectivity index (χ1v) is 9.25. The largest absolute Gasteiger partial charge is 0.321 e. The molecule has 0 saturated heterocycles. The lowest BCUT2D eigenvalue weighted by Gasteiger charge is -2.13. The highest BCUT2D eigenvalue weighted by Gasteiger charge is 2.15. The number of pyridine rings is 1. The number of carbonyl (C=O) groups excluding carboxylic acids is 2. The monoisotopic (exact) mass is 393 g/mol. The molecule has 1 heterocycles. The average molecular weight is 394 g/mol. The second kappa shape index (κ2) is 8.67. The van der Waals surface area contributed by atoms with Crippen molar-refractivity contribution in [3.8, 4) is 0 Å². The van der Waals surface area contributed by atoms with E-state index in [1.54, 1.807) is 30.3 Å². The van der Waals surface area contributed by atoms with Crippen molar-refractivity contribution < 1.29 is 9.59 Å². The average Bonchev–Trinajstić information content (AvgIpc) is 2.70. The van der Waals surface area contributed by atoms with E-state index in [0.29, 0.717) is 16.3 Å². The summed E-state index contributed by atoms with van der Waals surface area (Å²) >= 11 is 6.08. The van der Waals surface area contributed by atoms with E-state index in [4.69, 9.17) is 11.6 Å². The number of nitrogens with zero attached hydrogens (tertiary/aromatic N) is 1. The van der Waals surface area contributed by atoms with E-state index in [2.05, 4.69) is 29.5 Å². The summed E-state index contributed by atoms with van der Waals surface area (Å²) in [4.78, 5) is 29.3. The Hall–Kier alpha value is -3.18. The first kappa shape index (κ1) is 19.6. The lowest BCUT2D eigenvalue weighted by Crippen LogP contribution is -2.17. The Kier molecular flexibility index (Phi) is 6.06. The first-order chi connectivity index (χ1) is 13.5. The molecule has 2 amide bonds. The highest BCUT2D eigenvalue weighted by molar-refractivity contribution is 6.33. The zero-order valence-corrected chi connectivity index (χ0v) is 16.3. The van der Waals surface area contributed by atoms with Crippen LogP contribution in [0.3, 0.4) is 0 Å². The van der Waals surface area contributed by atoms with E-state index in [9.17, 15) is 9.59 Å². The Bertz CT molecular complexity index is 1020. The second-order valence-corrected chi connectivity index (χ2v) is 6.97. The maximum atomic E-state index is 12.6. The number of carbonyl (C=O) groups is 2. The molecule has 28 heavy (non-hydrogen) atoms. The molecule has 3 aromatic rings. The predicted octanol–water partition coefficient (Wildman–Crippen LogP) is 5.36. The smallest absolute Gasteiger partial charge is 0.274 e. The third-order valence-corrected chi connectivity index (χ3v) is 4.54. The van der Waals surface area contributed by atoms with E-state index in [1.807, 2.05) is 24.3 Å². The lowest BCUT2D eigenvalue weighted by atomic mass is 10.0. The zero-order valence-electron chi connectivity index (χ0n) is 15.6. The van der Waals surface area contributed by atoms with Crippen molar-refractivity contribution in [3.63, 3.8) is 0 Å². The summed E-state index contributed by atoms with van der Waals surface area (Å²) in [5.41, 5.74) is 2.74. The molecule has 0 unspecified atom stereocenters. The maximum Gasteiger partial charge on any atom is 0.274 e. The number of benzene rings is 2. The van der Waals surface area contributed by atoms with Gasteiger partial charge in [0.05, 0.1) is 10.7 Å². The van der Waals surface area contributed by atoms with E-state index in [1.165, 1.54) is 12.3 Å². The van der Waals surface area contributed by atoms with Gasteiger partial charge < -0.3 is 10.6 Å². The fraction of sp³-hybridized carbons (Fsp3) is 0.136. The Morgan fingerprint density at radius 1 is 0.893 bits per heavy atom. The van der Waals surface area contributed by atoms with Crippen molar-refractivity contribution in [3.05, 3.63) is 88.7 Å². The summed E-state index contributed by atoms with van der Waals surface area (Å²) < 4.78 is 0. The van der Waals surface area contributed by atoms with Crippen LogP contribution in [0.4, 0.5) is 11.4 Å². The third kappa shape index (κ3) is 4.56. The number of hydrogen-bond acceptors (Lipinski definition) is 3. The molecule has 6 heteroatoms. The number of hydrogen-bond donors (Lipinski definition) is 2. The number of amides is 2. The minimum absolute atomic E-state index is 0.158. The molecule has 0 radical (unpaired) electrons. The van der Waals surface area contributed by atoms with Gasteiger partial charge in [-0.2, -0.15) is 0 Å². The Balaban J connectivity index is 1.78. The fourth-order valence-electron chi connectivity index (χ4n) is 2.75. The Morgan fingerprint density at radius 2 is 1.54 bits per heavy atom. The summed E-state index contributed by atoms with van der Waals surface area (Å²) in [6, 6.07) is 17.6. The van der Waals surface area contributed by atoms with Gasteiger partial charge in [0.25, 0.3) is 11.8 Å². The highest BCUT2D eigenvalue weighted by Crippen LogP contribution is 2.24. The molecule has 5 nitrogen and oxygen atoms in total. The molecular weight excluding hydrogens is 374 g/mol. The van der Waals surface area contributed by atoms with Crippen molar-refractivity contribution in [1.29, 1.82) is 0 Å². The van der Waals surface area contributed by atoms with Crippen LogP contribution in [0.5, 0.6) is 0 Å². The van der Waals surface area contributed by atoms with Gasteiger partial charge in [0, 0.05) is 17.4 Å². The van der Waals surface area contributed by atoms with Crippen LogP contribution in [0.25, 0.3) is 0 Å². The zero-order chi connectivity index (χ0) is 20.1. The van der Waals surface area contributed by atoms with Gasteiger partial charge in [-0.05, 0) is 41.8 Å². The second-order valence-electron chi connectivity index (χ2n) is 6.56. The van der Waals surface area contributed by atoms with E-state index in [0.717, 1.165) is 11.3 Å². The van der Waals surface area contributed by atoms with Gasteiger partial charge in [-0.3, -0.25) is 14.6 Å². The number of halogens is 1. The number of para-hydroxylation sites is 2. The van der Waals surface area contributed by atoms with E-state index in [-0.39, 0.29) is 23.4 Å². The van der Waals surface area contributed by atoms with Gasteiger partial charge >= 0.3 is 0 Å². The minimum Gasteiger partial charge on any atom is -0.321 e. The molecule has 2 N–H and O–H groups in total. The number of rotatable bonds is 5. The van der Waals surface area contributed by atoms with E-state index >= 15 is 0 Å². The molecule has 0 spiro atoms. The van der Waals surface area contributed by atoms with Crippen LogP contribution < -0.4 is 10.6 Å². The number of aromatic nitrogens is 1. The lowest BCUT2D eigenvalue weighted by molar-refractivity contribution is 0.102. The minimum atomic E-state index is -0.375. The van der Waals surface area contributed by atoms with E-state index < -0.39 is 0 Å². The summed E-state index contributed by atoms with van der Waals surface area (Å²) in [7, 11) is 0. The van der Waals surface area contributed by atoms with Crippen molar-refractivity contribution in [2.24, 2.45) is 0 Å². The molecule has 0 aliphatic rings. The van der Waals surface area contributed by atoms with Crippen molar-refractivity contribution >= 4 is 34.8 Å². The molecule has 142 valence electrons. The summed E-state index contributed by atoms with van der Waals surface area (Å²) in [6.45, 7) is 4.12. The quantitative estimate of drug-likeness (QED) is 0.612. The third-order valence-electron chi connectivity index (χ3n) is 4.21. The Morgan fingerprint density at radius 3 is 2.25 bits per heavy atom. The van der Waals surface area contributed by atoms with Crippen LogP contribution in [0.15, 0.2) is 66.9 Å². The van der Waals surface area contributed by atoms with Crippen molar-refractivity contribution in [2.45, 2.75) is 19.8 Å². The van der Waals surface area contributed by atoms with Crippen molar-refractivity contribution in [2.75, 3.05) is 10.6 Å². The maximum absolute atomic E-state index is 12.6. The van der Waals surface area contributed by atoms with Gasteiger partial charge in [0.1, 0.15) is 5.69 Å². The van der Waals surface area contributed by atoms with Crippen molar-refractivity contribution in [1.82, 2.24) is 4.98 Å². The summed E-state index contributed by atoms with van der Waals surface area (Å²) in [5, 5.41) is 6.05. The highest BCUT2D eigenvalue weighted by atomic mass is 35.5. The molecule has 2 aromatic carbocycles. The topological polar surface area (TPSA) is 71.1 Å². The van der Waals surface area contributed by atoms with Crippen LogP contribution in [-0.4, -0.2) is 16.8 Å². The molecular formula is C22H20ClN3O2. The normalized spacial score (nSPS) is 10.6. The number of anilines is 2. The van der Waals surface area contributed by atoms with Crippen LogP contribution in [0, 0.1) is 0 Å². The summed E-state index contributed by atoms with van der Waals surface area (Å²) in [5.74, 6) is -0.482. The standard InChI is InChI=1S/C22H20ClN3O2/c1-14(2)16-7-3-5-9-18(16)25-22(28)20-13-15(11-12-24-20)21(27)26-19-10-6-4-8-17(19)23/h3-14H,1-2H3,(H,25,28)(H,26,27). The molecule has 0 saturated carbocycles. The molecule has 0 atom stereocenters. The van der Waals surface area contributed by atoms with Gasteiger partial charge in [-0.15, -0.1) is 0 Å². The molecule has 0 fully saturated rings. The molecule has 0 aliphatic heterocycles. The molecule has 0 bridgehead atoms. The fourth-order valence-corrected chi connectivity index (χ4v) is 2.94. The predicted molar refractivity (Wildman–Crippen MR) is 112 cm³/mol. The number of nitrogens with one attached hydrogen (secondary N) is 2. The Labute approximate surface area is 168 Å².